The minimum absolute atomic E-state index is 0.638. The van der Waals surface area contributed by atoms with Crippen LogP contribution >= 0.6 is 11.8 Å². The van der Waals surface area contributed by atoms with Gasteiger partial charge in [0.1, 0.15) is 6.07 Å². The maximum Gasteiger partial charge on any atom is 0.232 e. The van der Waals surface area contributed by atoms with Gasteiger partial charge in [-0.25, -0.2) is 0 Å². The van der Waals surface area contributed by atoms with Crippen LogP contribution in [0.3, 0.4) is 0 Å². The zero-order valence-electron chi connectivity index (χ0n) is 16.3. The number of morpholine rings is 1. The number of rotatable bonds is 5. The molecule has 8 heteroatoms. The summed E-state index contributed by atoms with van der Waals surface area (Å²) in [5.74, 6) is 1.47. The van der Waals surface area contributed by atoms with Gasteiger partial charge in [0, 0.05) is 31.2 Å². The van der Waals surface area contributed by atoms with Crippen molar-refractivity contribution in [1.29, 1.82) is 5.26 Å². The smallest absolute Gasteiger partial charge is 0.232 e. The SMILES string of the molecule is N#Cc1c(CSc2nnc(N3CCOCC3)n2-c2ccccc2)cn2ccccc12. The van der Waals surface area contributed by atoms with Crippen molar-refractivity contribution in [2.45, 2.75) is 10.9 Å². The Hall–Kier alpha value is -3.28. The van der Waals surface area contributed by atoms with Gasteiger partial charge in [0.15, 0.2) is 5.16 Å². The zero-order chi connectivity index (χ0) is 20.3. The Bertz CT molecular complexity index is 1200. The first-order valence-corrected chi connectivity index (χ1v) is 10.8. The number of thioether (sulfide) groups is 1. The van der Waals surface area contributed by atoms with Gasteiger partial charge in [0.2, 0.25) is 5.95 Å². The van der Waals surface area contributed by atoms with Crippen LogP contribution < -0.4 is 4.90 Å². The molecule has 5 rings (SSSR count). The van der Waals surface area contributed by atoms with Crippen LogP contribution in [0.15, 0.2) is 66.1 Å². The number of ether oxygens (including phenoxy) is 1. The quantitative estimate of drug-likeness (QED) is 0.464. The fourth-order valence-corrected chi connectivity index (χ4v) is 4.60. The Balaban J connectivity index is 1.49. The van der Waals surface area contributed by atoms with Crippen molar-refractivity contribution >= 4 is 23.2 Å². The highest BCUT2D eigenvalue weighted by Crippen LogP contribution is 2.31. The Morgan fingerprint density at radius 3 is 2.63 bits per heavy atom. The highest BCUT2D eigenvalue weighted by molar-refractivity contribution is 7.98. The highest BCUT2D eigenvalue weighted by Gasteiger charge is 2.22. The number of fused-ring (bicyclic) bond motifs is 1. The molecule has 1 saturated heterocycles. The Labute approximate surface area is 178 Å². The van der Waals surface area contributed by atoms with E-state index >= 15 is 0 Å². The van der Waals surface area contributed by atoms with Gasteiger partial charge in [0.25, 0.3) is 0 Å². The molecule has 4 heterocycles. The molecule has 4 aromatic rings. The molecule has 0 radical (unpaired) electrons. The first-order valence-electron chi connectivity index (χ1n) is 9.80. The van der Waals surface area contributed by atoms with Crippen molar-refractivity contribution in [1.82, 2.24) is 19.2 Å². The average Bonchev–Trinajstić information content (AvgIpc) is 3.39. The molecule has 0 bridgehead atoms. The minimum Gasteiger partial charge on any atom is -0.378 e. The number of nitrogens with zero attached hydrogens (tertiary/aromatic N) is 6. The number of hydrogen-bond acceptors (Lipinski definition) is 6. The van der Waals surface area contributed by atoms with Crippen LogP contribution in [0.25, 0.3) is 11.2 Å². The van der Waals surface area contributed by atoms with Crippen molar-refractivity contribution in [2.75, 3.05) is 31.2 Å². The van der Waals surface area contributed by atoms with Gasteiger partial charge in [-0.3, -0.25) is 4.57 Å². The molecular weight excluding hydrogens is 396 g/mol. The molecule has 0 spiro atoms. The van der Waals surface area contributed by atoms with Crippen LogP contribution in [-0.2, 0) is 10.5 Å². The summed E-state index contributed by atoms with van der Waals surface area (Å²) in [5.41, 5.74) is 3.65. The van der Waals surface area contributed by atoms with Crippen molar-refractivity contribution in [3.05, 3.63) is 72.1 Å². The lowest BCUT2D eigenvalue weighted by Crippen LogP contribution is -2.37. The molecule has 1 fully saturated rings. The van der Waals surface area contributed by atoms with Gasteiger partial charge in [0.05, 0.1) is 30.0 Å². The predicted octanol–water partition coefficient (Wildman–Crippen LogP) is 3.52. The highest BCUT2D eigenvalue weighted by atomic mass is 32.2. The monoisotopic (exact) mass is 416 g/mol. The fraction of sp³-hybridized carbons (Fsp3) is 0.227. The lowest BCUT2D eigenvalue weighted by molar-refractivity contribution is 0.122. The lowest BCUT2D eigenvalue weighted by Gasteiger charge is -2.27. The molecule has 7 nitrogen and oxygen atoms in total. The average molecular weight is 417 g/mol. The van der Waals surface area contributed by atoms with E-state index in [9.17, 15) is 5.26 Å². The summed E-state index contributed by atoms with van der Waals surface area (Å²) < 4.78 is 9.59. The summed E-state index contributed by atoms with van der Waals surface area (Å²) in [6, 6.07) is 18.4. The van der Waals surface area contributed by atoms with Gasteiger partial charge >= 0.3 is 0 Å². The first kappa shape index (κ1) is 18.7. The number of benzene rings is 1. The number of nitriles is 1. The lowest BCUT2D eigenvalue weighted by atomic mass is 10.2. The fourth-order valence-electron chi connectivity index (χ4n) is 3.69. The molecule has 0 atom stereocenters. The van der Waals surface area contributed by atoms with E-state index < -0.39 is 0 Å². The summed E-state index contributed by atoms with van der Waals surface area (Å²) in [6.07, 6.45) is 3.99. The van der Waals surface area contributed by atoms with E-state index in [1.165, 1.54) is 0 Å². The molecule has 1 aliphatic heterocycles. The summed E-state index contributed by atoms with van der Waals surface area (Å²) in [6.45, 7) is 2.96. The van der Waals surface area contributed by atoms with Gasteiger partial charge in [-0.05, 0) is 29.8 Å². The molecule has 1 aromatic carbocycles. The van der Waals surface area contributed by atoms with Gasteiger partial charge < -0.3 is 14.0 Å². The van der Waals surface area contributed by atoms with Gasteiger partial charge in [-0.1, -0.05) is 36.0 Å². The molecular formula is C22H20N6OS. The maximum atomic E-state index is 9.69. The van der Waals surface area contributed by atoms with Crippen LogP contribution in [0.2, 0.25) is 0 Å². The van der Waals surface area contributed by atoms with Crippen LogP contribution in [0.4, 0.5) is 5.95 Å². The second-order valence-corrected chi connectivity index (χ2v) is 7.92. The Kier molecular flexibility index (Phi) is 5.13. The van der Waals surface area contributed by atoms with Crippen molar-refractivity contribution in [3.8, 4) is 11.8 Å². The Morgan fingerprint density at radius 1 is 1.03 bits per heavy atom. The molecule has 0 N–H and O–H groups in total. The molecule has 30 heavy (non-hydrogen) atoms. The molecule has 0 unspecified atom stereocenters. The van der Waals surface area contributed by atoms with Crippen molar-refractivity contribution in [3.63, 3.8) is 0 Å². The second-order valence-electron chi connectivity index (χ2n) is 6.98. The normalized spacial score (nSPS) is 14.2. The van der Waals surface area contributed by atoms with E-state index in [2.05, 4.69) is 37.9 Å². The number of hydrogen-bond donors (Lipinski definition) is 0. The molecule has 1 aliphatic rings. The van der Waals surface area contributed by atoms with Gasteiger partial charge in [-0.15, -0.1) is 10.2 Å². The third kappa shape index (κ3) is 3.43. The molecule has 0 saturated carbocycles. The topological polar surface area (TPSA) is 71.4 Å². The number of pyridine rings is 1. The molecule has 3 aromatic heterocycles. The first-order chi connectivity index (χ1) is 14.8. The van der Waals surface area contributed by atoms with E-state index in [4.69, 9.17) is 4.74 Å². The predicted molar refractivity (Wildman–Crippen MR) is 116 cm³/mol. The summed E-state index contributed by atoms with van der Waals surface area (Å²) in [4.78, 5) is 2.21. The van der Waals surface area contributed by atoms with E-state index in [0.29, 0.717) is 24.5 Å². The van der Waals surface area contributed by atoms with Crippen molar-refractivity contribution < 1.29 is 4.74 Å². The summed E-state index contributed by atoms with van der Waals surface area (Å²) in [5, 5.41) is 19.5. The van der Waals surface area contributed by atoms with Crippen molar-refractivity contribution in [2.24, 2.45) is 0 Å². The largest absolute Gasteiger partial charge is 0.378 e. The summed E-state index contributed by atoms with van der Waals surface area (Å²) in [7, 11) is 0. The van der Waals surface area contributed by atoms with Crippen LogP contribution in [0.5, 0.6) is 0 Å². The third-order valence-corrected chi connectivity index (χ3v) is 6.13. The number of anilines is 1. The molecule has 0 aliphatic carbocycles. The van der Waals surface area contributed by atoms with Crippen LogP contribution in [-0.4, -0.2) is 45.5 Å². The van der Waals surface area contributed by atoms with E-state index in [1.807, 2.05) is 53.2 Å². The number of para-hydroxylation sites is 1. The summed E-state index contributed by atoms with van der Waals surface area (Å²) >= 11 is 1.59. The van der Waals surface area contributed by atoms with E-state index in [-0.39, 0.29) is 0 Å². The second kappa shape index (κ2) is 8.22. The van der Waals surface area contributed by atoms with Gasteiger partial charge in [-0.2, -0.15) is 5.26 Å². The molecule has 150 valence electrons. The van der Waals surface area contributed by atoms with Crippen LogP contribution in [0, 0.1) is 11.3 Å². The number of aromatic nitrogens is 4. The van der Waals surface area contributed by atoms with E-state index in [0.717, 1.165) is 41.0 Å². The molecule has 0 amide bonds. The Morgan fingerprint density at radius 2 is 1.83 bits per heavy atom. The third-order valence-electron chi connectivity index (χ3n) is 5.16. The standard InChI is InChI=1S/C22H20N6OS/c23-14-19-17(15-27-9-5-4-8-20(19)27)16-30-22-25-24-21(26-10-12-29-13-11-26)28(22)18-6-2-1-3-7-18/h1-9,15H,10-13,16H2. The van der Waals surface area contributed by atoms with Crippen LogP contribution in [0.1, 0.15) is 11.1 Å². The minimum atomic E-state index is 0.638. The van der Waals surface area contributed by atoms with E-state index in [1.54, 1.807) is 11.8 Å². The maximum absolute atomic E-state index is 9.69. The zero-order valence-corrected chi connectivity index (χ0v) is 17.1.